The Morgan fingerprint density at radius 1 is 1.50 bits per heavy atom. The van der Waals surface area contributed by atoms with Gasteiger partial charge in [0, 0.05) is 25.6 Å². The van der Waals surface area contributed by atoms with Crippen LogP contribution in [0, 0.1) is 11.3 Å². The molecule has 16 heavy (non-hydrogen) atoms. The van der Waals surface area contributed by atoms with E-state index in [-0.39, 0.29) is 11.3 Å². The molecule has 0 saturated carbocycles. The number of hydrogen-bond donors (Lipinski definition) is 1. The maximum Gasteiger partial charge on any atom is 0.223 e. The van der Waals surface area contributed by atoms with Crippen LogP contribution in [0.5, 0.6) is 0 Å². The second kappa shape index (κ2) is 5.17. The summed E-state index contributed by atoms with van der Waals surface area (Å²) in [6.45, 7) is 10.2. The number of amides is 1. The first-order chi connectivity index (χ1) is 7.36. The van der Waals surface area contributed by atoms with Gasteiger partial charge in [-0.2, -0.15) is 0 Å². The molecule has 94 valence electrons. The second-order valence-electron chi connectivity index (χ2n) is 6.09. The van der Waals surface area contributed by atoms with E-state index in [4.69, 9.17) is 5.73 Å². The molecule has 3 heteroatoms. The van der Waals surface area contributed by atoms with Crippen molar-refractivity contribution in [3.05, 3.63) is 0 Å². The number of carbonyl (C=O) groups excluding carboxylic acids is 1. The SMILES string of the molecule is CC(CC(=O)N1CCCC1CN)C(C)(C)C. The Bertz CT molecular complexity index is 245. The topological polar surface area (TPSA) is 46.3 Å². The Labute approximate surface area is 99.4 Å². The first-order valence-corrected chi connectivity index (χ1v) is 6.35. The summed E-state index contributed by atoms with van der Waals surface area (Å²) in [5, 5.41) is 0. The van der Waals surface area contributed by atoms with E-state index >= 15 is 0 Å². The van der Waals surface area contributed by atoms with Gasteiger partial charge in [-0.15, -0.1) is 0 Å². The Balaban J connectivity index is 2.52. The van der Waals surface area contributed by atoms with Gasteiger partial charge in [0.2, 0.25) is 5.91 Å². The van der Waals surface area contributed by atoms with Crippen LogP contribution >= 0.6 is 0 Å². The average Bonchev–Trinajstić information content (AvgIpc) is 2.63. The quantitative estimate of drug-likeness (QED) is 0.800. The molecule has 1 aliphatic heterocycles. The molecule has 0 radical (unpaired) electrons. The molecule has 2 N–H and O–H groups in total. The Hall–Kier alpha value is -0.570. The van der Waals surface area contributed by atoms with E-state index in [0.29, 0.717) is 24.9 Å². The molecule has 0 bridgehead atoms. The lowest BCUT2D eigenvalue weighted by atomic mass is 9.80. The number of nitrogens with zero attached hydrogens (tertiary/aromatic N) is 1. The van der Waals surface area contributed by atoms with Crippen molar-refractivity contribution in [2.75, 3.05) is 13.1 Å². The number of rotatable bonds is 3. The molecular formula is C13H26N2O. The fourth-order valence-electron chi connectivity index (χ4n) is 2.09. The van der Waals surface area contributed by atoms with Crippen LogP contribution in [0.4, 0.5) is 0 Å². The van der Waals surface area contributed by atoms with Gasteiger partial charge in [0.1, 0.15) is 0 Å². The van der Waals surface area contributed by atoms with Crippen LogP contribution in [-0.4, -0.2) is 29.9 Å². The van der Waals surface area contributed by atoms with Crippen LogP contribution in [0.25, 0.3) is 0 Å². The first-order valence-electron chi connectivity index (χ1n) is 6.35. The summed E-state index contributed by atoms with van der Waals surface area (Å²) < 4.78 is 0. The van der Waals surface area contributed by atoms with Crippen molar-refractivity contribution >= 4 is 5.91 Å². The third-order valence-corrected chi connectivity index (χ3v) is 3.93. The van der Waals surface area contributed by atoms with Crippen LogP contribution in [0.3, 0.4) is 0 Å². The summed E-state index contributed by atoms with van der Waals surface area (Å²) >= 11 is 0. The van der Waals surface area contributed by atoms with Gasteiger partial charge in [0.05, 0.1) is 0 Å². The maximum absolute atomic E-state index is 12.1. The highest BCUT2D eigenvalue weighted by molar-refractivity contribution is 5.77. The zero-order valence-electron chi connectivity index (χ0n) is 11.1. The lowest BCUT2D eigenvalue weighted by Gasteiger charge is -2.30. The van der Waals surface area contributed by atoms with Crippen molar-refractivity contribution in [3.63, 3.8) is 0 Å². The van der Waals surface area contributed by atoms with E-state index in [1.807, 2.05) is 4.90 Å². The van der Waals surface area contributed by atoms with E-state index in [0.717, 1.165) is 19.4 Å². The van der Waals surface area contributed by atoms with Crippen molar-refractivity contribution in [3.8, 4) is 0 Å². The molecule has 0 aromatic rings. The van der Waals surface area contributed by atoms with Gasteiger partial charge in [-0.05, 0) is 24.2 Å². The van der Waals surface area contributed by atoms with E-state index in [2.05, 4.69) is 27.7 Å². The minimum absolute atomic E-state index is 0.202. The predicted octanol–water partition coefficient (Wildman–Crippen LogP) is 2.01. The molecule has 2 unspecified atom stereocenters. The highest BCUT2D eigenvalue weighted by atomic mass is 16.2. The van der Waals surface area contributed by atoms with Crippen molar-refractivity contribution in [1.82, 2.24) is 4.90 Å². The molecule has 0 aliphatic carbocycles. The van der Waals surface area contributed by atoms with Gasteiger partial charge in [0.15, 0.2) is 0 Å². The standard InChI is InChI=1S/C13H26N2O/c1-10(13(2,3)4)8-12(16)15-7-5-6-11(15)9-14/h10-11H,5-9,14H2,1-4H3. The summed E-state index contributed by atoms with van der Waals surface area (Å²) in [5.41, 5.74) is 5.89. The first kappa shape index (κ1) is 13.5. The molecular weight excluding hydrogens is 200 g/mol. The molecule has 3 nitrogen and oxygen atoms in total. The molecule has 1 saturated heterocycles. The van der Waals surface area contributed by atoms with Gasteiger partial charge < -0.3 is 10.6 Å². The van der Waals surface area contributed by atoms with Gasteiger partial charge in [0.25, 0.3) is 0 Å². The van der Waals surface area contributed by atoms with Crippen molar-refractivity contribution < 1.29 is 4.79 Å². The van der Waals surface area contributed by atoms with Crippen molar-refractivity contribution in [2.24, 2.45) is 17.1 Å². The summed E-state index contributed by atoms with van der Waals surface area (Å²) in [6, 6.07) is 0.291. The van der Waals surface area contributed by atoms with Crippen LogP contribution in [0.2, 0.25) is 0 Å². The Kier molecular flexibility index (Phi) is 4.36. The highest BCUT2D eigenvalue weighted by Gasteiger charge is 2.30. The summed E-state index contributed by atoms with van der Waals surface area (Å²) in [7, 11) is 0. The highest BCUT2D eigenvalue weighted by Crippen LogP contribution is 2.29. The van der Waals surface area contributed by atoms with Gasteiger partial charge in [-0.25, -0.2) is 0 Å². The van der Waals surface area contributed by atoms with Crippen LogP contribution < -0.4 is 5.73 Å². The van der Waals surface area contributed by atoms with Crippen LogP contribution in [0.1, 0.15) is 47.0 Å². The zero-order chi connectivity index (χ0) is 12.3. The molecule has 1 fully saturated rings. The molecule has 1 heterocycles. The second-order valence-corrected chi connectivity index (χ2v) is 6.09. The van der Waals surface area contributed by atoms with Crippen molar-refractivity contribution in [2.45, 2.75) is 53.0 Å². The Morgan fingerprint density at radius 2 is 2.12 bits per heavy atom. The maximum atomic E-state index is 12.1. The number of hydrogen-bond acceptors (Lipinski definition) is 2. The molecule has 0 aromatic carbocycles. The third kappa shape index (κ3) is 3.21. The van der Waals surface area contributed by atoms with E-state index in [1.165, 1.54) is 0 Å². The van der Waals surface area contributed by atoms with Gasteiger partial charge >= 0.3 is 0 Å². The molecule has 0 spiro atoms. The summed E-state index contributed by atoms with van der Waals surface area (Å²) in [5.74, 6) is 0.703. The molecule has 1 rings (SSSR count). The van der Waals surface area contributed by atoms with Crippen molar-refractivity contribution in [1.29, 1.82) is 0 Å². The molecule has 2 atom stereocenters. The minimum atomic E-state index is 0.202. The van der Waals surface area contributed by atoms with E-state index in [1.54, 1.807) is 0 Å². The van der Waals surface area contributed by atoms with Gasteiger partial charge in [-0.3, -0.25) is 4.79 Å². The minimum Gasteiger partial charge on any atom is -0.338 e. The fraction of sp³-hybridized carbons (Fsp3) is 0.923. The zero-order valence-corrected chi connectivity index (χ0v) is 11.1. The summed E-state index contributed by atoms with van der Waals surface area (Å²) in [4.78, 5) is 14.1. The number of likely N-dealkylation sites (tertiary alicyclic amines) is 1. The third-order valence-electron chi connectivity index (χ3n) is 3.93. The number of carbonyl (C=O) groups is 1. The molecule has 1 aliphatic rings. The van der Waals surface area contributed by atoms with E-state index < -0.39 is 0 Å². The normalized spacial score (nSPS) is 23.6. The largest absolute Gasteiger partial charge is 0.338 e. The molecule has 1 amide bonds. The van der Waals surface area contributed by atoms with E-state index in [9.17, 15) is 4.79 Å². The van der Waals surface area contributed by atoms with Crippen LogP contribution in [0.15, 0.2) is 0 Å². The smallest absolute Gasteiger partial charge is 0.223 e. The summed E-state index contributed by atoms with van der Waals surface area (Å²) in [6.07, 6.45) is 2.84. The van der Waals surface area contributed by atoms with Gasteiger partial charge in [-0.1, -0.05) is 27.7 Å². The lowest BCUT2D eigenvalue weighted by molar-refractivity contribution is -0.133. The van der Waals surface area contributed by atoms with Crippen LogP contribution in [-0.2, 0) is 4.79 Å². The molecule has 0 aromatic heterocycles. The lowest BCUT2D eigenvalue weighted by Crippen LogP contribution is -2.41. The number of nitrogens with two attached hydrogens (primary N) is 1. The Morgan fingerprint density at radius 3 is 2.62 bits per heavy atom. The average molecular weight is 226 g/mol. The monoisotopic (exact) mass is 226 g/mol. The predicted molar refractivity (Wildman–Crippen MR) is 67.0 cm³/mol. The fourth-order valence-corrected chi connectivity index (χ4v) is 2.09.